The molecule has 23 rings (SSSR count). The summed E-state index contributed by atoms with van der Waals surface area (Å²) in [5, 5.41) is 32.4. The first-order valence-corrected chi connectivity index (χ1v) is 56.7. The minimum Gasteiger partial charge on any atom is -0.383 e. The van der Waals surface area contributed by atoms with Crippen molar-refractivity contribution < 1.29 is 19.3 Å². The summed E-state index contributed by atoms with van der Waals surface area (Å²) in [6.07, 6.45) is 21.2. The number of hydrogen-bond donors (Lipinski definition) is 6. The number of nitrogens with zero attached hydrogens (tertiary/aromatic N) is 18. The van der Waals surface area contributed by atoms with Crippen LogP contribution in [-0.2, 0) is 46.1 Å². The zero-order valence-electron chi connectivity index (χ0n) is 95.0. The topological polar surface area (TPSA) is 255 Å². The molecule has 7 atom stereocenters. The van der Waals surface area contributed by atoms with Gasteiger partial charge in [0.1, 0.15) is 23.1 Å². The Hall–Kier alpha value is -9.07. The lowest BCUT2D eigenvalue weighted by Crippen LogP contribution is -2.76. The van der Waals surface area contributed by atoms with Crippen molar-refractivity contribution >= 4 is 28.8 Å². The summed E-state index contributed by atoms with van der Waals surface area (Å²) in [6.45, 7) is 58.4. The molecule has 0 radical (unpaired) electrons. The summed E-state index contributed by atoms with van der Waals surface area (Å²) in [5.41, 5.74) is 22.9. The van der Waals surface area contributed by atoms with Crippen molar-refractivity contribution in [2.24, 2.45) is 7.05 Å². The third-order valence-electron chi connectivity index (χ3n) is 32.8. The highest BCUT2D eigenvalue weighted by Gasteiger charge is 2.51. The highest BCUT2D eigenvalue weighted by atomic mass is 16.5. The molecule has 9 aromatic heterocycles. The molecule has 148 heavy (non-hydrogen) atoms. The third kappa shape index (κ3) is 28.1. The molecule has 27 nitrogen and oxygen atoms in total. The van der Waals surface area contributed by atoms with Crippen molar-refractivity contribution in [1.82, 2.24) is 90.9 Å². The lowest BCUT2D eigenvalue weighted by Gasteiger charge is -2.57. The number of aliphatic hydroxyl groups is 1. The Balaban J connectivity index is 0.000000125. The van der Waals surface area contributed by atoms with Crippen LogP contribution in [0, 0.1) is 0 Å². The highest BCUT2D eigenvalue weighted by Crippen LogP contribution is 2.42. The number of aromatic nitrogens is 10. The Labute approximate surface area is 889 Å². The van der Waals surface area contributed by atoms with Crippen LogP contribution in [0.4, 0.5) is 28.8 Å². The van der Waals surface area contributed by atoms with Crippen LogP contribution in [0.2, 0.25) is 0 Å². The van der Waals surface area contributed by atoms with E-state index in [2.05, 4.69) is 363 Å². The zero-order chi connectivity index (χ0) is 105. The van der Waals surface area contributed by atoms with Gasteiger partial charge in [0, 0.05) is 157 Å². The SMILES string of the molecule is CC(C)c1cc(C2(O)CCOCC2)n(C)n1.CC(C)c1ccc(N2CCO[C@@H]3CNC[C@H]32)cn1.CC(C)c1ccc(N2CCO[C@H]3CNC[C@@H]32)cn1.CC(C)c1ccc2c(n1)C(N(C)C)CCC2.CC(C)c1ccc2c(n1)C(N(C)C)CCC2.CC(C)c1ccc2c(n1)[C@@H](N(C)C)CCC2.CC(C)c1cccc(N2CC3(CCN3)C2)n1.CC(C)c1cccc(N2CC3(CCN3)C2)n1.CC(C)c1cccc(N2CC3(CCN3)C2)n1. The van der Waals surface area contributed by atoms with E-state index in [0.717, 1.165) is 132 Å². The number of nitrogens with one attached hydrogen (secondary N) is 5. The monoisotopic (exact) mass is 2020 g/mol. The first kappa shape index (κ1) is 113. The molecular formula is C121H185N23O4. The Kier molecular flexibility index (Phi) is 39.0. The van der Waals surface area contributed by atoms with Crippen molar-refractivity contribution in [3.05, 3.63) is 224 Å². The molecule has 3 spiro atoms. The normalized spacial score (nSPS) is 22.6. The number of anilines is 5. The van der Waals surface area contributed by atoms with E-state index in [-0.39, 0.29) is 0 Å². The van der Waals surface area contributed by atoms with E-state index in [0.29, 0.717) is 138 Å². The fourth-order valence-corrected chi connectivity index (χ4v) is 22.8. The van der Waals surface area contributed by atoms with Crippen molar-refractivity contribution in [2.75, 3.05) is 191 Å². The quantitative estimate of drug-likeness (QED) is 0.0467. The largest absolute Gasteiger partial charge is 0.383 e. The second-order valence-electron chi connectivity index (χ2n) is 47.8. The molecule has 11 fully saturated rings. The molecule has 14 aliphatic rings. The molecule has 808 valence electrons. The number of rotatable bonds is 18. The van der Waals surface area contributed by atoms with Crippen molar-refractivity contribution in [3.63, 3.8) is 0 Å². The van der Waals surface area contributed by atoms with Crippen molar-refractivity contribution in [3.8, 4) is 0 Å². The van der Waals surface area contributed by atoms with E-state index in [4.69, 9.17) is 44.1 Å². The summed E-state index contributed by atoms with van der Waals surface area (Å²) in [4.78, 5) is 56.8. The van der Waals surface area contributed by atoms with Gasteiger partial charge >= 0.3 is 0 Å². The van der Waals surface area contributed by atoms with E-state index in [1.807, 2.05) is 25.5 Å². The van der Waals surface area contributed by atoms with Crippen molar-refractivity contribution in [2.45, 2.75) is 332 Å². The fourth-order valence-electron chi connectivity index (χ4n) is 22.8. The van der Waals surface area contributed by atoms with Gasteiger partial charge in [-0.25, -0.2) is 15.0 Å². The van der Waals surface area contributed by atoms with Crippen LogP contribution in [0.1, 0.15) is 357 Å². The second kappa shape index (κ2) is 51.1. The van der Waals surface area contributed by atoms with Crippen LogP contribution in [0.3, 0.4) is 0 Å². The van der Waals surface area contributed by atoms with E-state index >= 15 is 0 Å². The molecule has 11 aliphatic heterocycles. The molecule has 0 saturated carbocycles. The molecule has 27 heteroatoms. The average Bonchev–Trinajstić information content (AvgIpc) is 0.876. The van der Waals surface area contributed by atoms with Gasteiger partial charge in [0.2, 0.25) is 0 Å². The molecule has 0 bridgehead atoms. The second-order valence-corrected chi connectivity index (χ2v) is 47.8. The lowest BCUT2D eigenvalue weighted by molar-refractivity contribution is -0.0725. The summed E-state index contributed by atoms with van der Waals surface area (Å²) in [7, 11) is 14.8. The number of fused-ring (bicyclic) bond motifs is 5. The van der Waals surface area contributed by atoms with Crippen LogP contribution >= 0.6 is 0 Å². The van der Waals surface area contributed by atoms with Crippen LogP contribution in [0.25, 0.3) is 0 Å². The minimum atomic E-state index is -0.757. The summed E-state index contributed by atoms with van der Waals surface area (Å²) in [6, 6.07) is 45.7. The average molecular weight is 2030 g/mol. The smallest absolute Gasteiger partial charge is 0.128 e. The van der Waals surface area contributed by atoms with E-state index < -0.39 is 5.60 Å². The molecule has 11 saturated heterocycles. The maximum atomic E-state index is 10.6. The van der Waals surface area contributed by atoms with Gasteiger partial charge in [-0.15, -0.1) is 0 Å². The van der Waals surface area contributed by atoms with Crippen LogP contribution in [0.15, 0.2) is 134 Å². The summed E-state index contributed by atoms with van der Waals surface area (Å²) < 4.78 is 18.7. The van der Waals surface area contributed by atoms with E-state index in [1.54, 1.807) is 4.68 Å². The molecule has 0 amide bonds. The number of ether oxygens (including phenoxy) is 3. The fraction of sp³-hybridized carbons (Fsp3) is 0.645. The Morgan fingerprint density at radius 1 is 0.358 bits per heavy atom. The Bertz CT molecular complexity index is 5180. The number of morpholine rings is 2. The predicted octanol–water partition coefficient (Wildman–Crippen LogP) is 19.0. The van der Waals surface area contributed by atoms with Gasteiger partial charge < -0.3 is 85.1 Å². The van der Waals surface area contributed by atoms with Crippen LogP contribution in [0.5, 0.6) is 0 Å². The Morgan fingerprint density at radius 2 is 0.662 bits per heavy atom. The van der Waals surface area contributed by atoms with Crippen molar-refractivity contribution in [1.29, 1.82) is 0 Å². The predicted molar refractivity (Wildman–Crippen MR) is 606 cm³/mol. The first-order chi connectivity index (χ1) is 70.9. The molecule has 2 unspecified atom stereocenters. The molecule has 0 aromatic carbocycles. The van der Waals surface area contributed by atoms with E-state index in [9.17, 15) is 5.11 Å². The molecule has 9 aromatic rings. The van der Waals surface area contributed by atoms with Gasteiger partial charge in [-0.3, -0.25) is 29.6 Å². The first-order valence-electron chi connectivity index (χ1n) is 56.7. The van der Waals surface area contributed by atoms with Gasteiger partial charge in [-0.05, 0) is 294 Å². The van der Waals surface area contributed by atoms with Gasteiger partial charge in [0.25, 0.3) is 0 Å². The highest BCUT2D eigenvalue weighted by molar-refractivity contribution is 5.52. The summed E-state index contributed by atoms with van der Waals surface area (Å²) in [5.74, 6) is 7.91. The molecule has 20 heterocycles. The van der Waals surface area contributed by atoms with Gasteiger partial charge in [-0.1, -0.05) is 161 Å². The van der Waals surface area contributed by atoms with Crippen LogP contribution < -0.4 is 51.1 Å². The number of pyridine rings is 8. The Morgan fingerprint density at radius 3 is 0.932 bits per heavy atom. The van der Waals surface area contributed by atoms with Gasteiger partial charge in [0.05, 0.1) is 124 Å². The summed E-state index contributed by atoms with van der Waals surface area (Å²) >= 11 is 0. The van der Waals surface area contributed by atoms with Gasteiger partial charge in [-0.2, -0.15) is 5.10 Å². The number of aryl methyl sites for hydroxylation is 4. The molecule has 3 aliphatic carbocycles. The minimum absolute atomic E-state index is 0.337. The third-order valence-corrected chi connectivity index (χ3v) is 32.8. The van der Waals surface area contributed by atoms with E-state index in [1.165, 1.54) is 176 Å². The lowest BCUT2D eigenvalue weighted by atomic mass is 9.80. The maximum absolute atomic E-state index is 10.6. The van der Waals surface area contributed by atoms with Crippen LogP contribution in [-0.4, -0.2) is 277 Å². The zero-order valence-corrected chi connectivity index (χ0v) is 95.0. The molecule has 6 N–H and O–H groups in total. The van der Waals surface area contributed by atoms with Gasteiger partial charge in [0.15, 0.2) is 0 Å². The standard InChI is InChI=1S/2C14H21N3O.3C14H22N2.3C13H19N3.C12H20N2O2/c2*1-10(2)12-4-3-11(7-16-12)17-5-6-18-14-9-15-8-13(14)17;3*1-10(2)12-9-8-11-6-5-7-13(16(3)4)14(11)15-12;3*1-10(2)11-4-3-5-12(15-11)16-8-13(9-16)6-7-14-13;1-9(2)10-8-11(14(3)13-10)12(15)4-6-16-7-5-12/h2*3-4,7,10,13-15H,5-6,8-9H2,1-2H3;3*8-10,13H,5-7H2,1-4H3;3*3-5,10,14H,6-9H2,1-2H3;8-9,15H,4-7H2,1-3H3/t2*13-,14-;13-;;;;;;/m100....../s1. The molecular weight excluding hydrogens is 1840 g/mol. The number of hydrogen-bond acceptors (Lipinski definition) is 26. The maximum Gasteiger partial charge on any atom is 0.128 e.